The van der Waals surface area contributed by atoms with Gasteiger partial charge in [-0.15, -0.1) is 0 Å². The van der Waals surface area contributed by atoms with Gasteiger partial charge >= 0.3 is 0 Å². The third-order valence-electron chi connectivity index (χ3n) is 5.48. The topological polar surface area (TPSA) is 108 Å². The van der Waals surface area contributed by atoms with E-state index in [4.69, 9.17) is 5.21 Å². The number of aryl methyl sites for hydroxylation is 2. The molecule has 0 radical (unpaired) electrons. The van der Waals surface area contributed by atoms with Gasteiger partial charge in [-0.1, -0.05) is 74.0 Å². The zero-order valence-electron chi connectivity index (χ0n) is 19.6. The van der Waals surface area contributed by atoms with Crippen LogP contribution in [0.2, 0.25) is 0 Å². The lowest BCUT2D eigenvalue weighted by Crippen LogP contribution is -2.51. The van der Waals surface area contributed by atoms with Gasteiger partial charge in [-0.3, -0.25) is 19.6 Å². The summed E-state index contributed by atoms with van der Waals surface area (Å²) in [4.78, 5) is 37.9. The average molecular weight is 454 g/mol. The van der Waals surface area contributed by atoms with Crippen molar-refractivity contribution in [3.05, 3.63) is 71.3 Å². The minimum Gasteiger partial charge on any atom is -0.354 e. The standard InChI is InChI=1S/C26H35N3O4/c1-18(2)17-22(25(31)29-33)24(30)28-23(14-13-20-7-5-4-6-8-20)26(32)27-16-15-21-11-9-19(3)10-12-21/h4-12,18,22-23,33H,13-17H2,1-3H3,(H,27,32)(H,28,30)(H,29,31)/t22-,23-/m0/s1. The van der Waals surface area contributed by atoms with Crippen LogP contribution in [0, 0.1) is 18.8 Å². The van der Waals surface area contributed by atoms with Gasteiger partial charge in [0.25, 0.3) is 5.91 Å². The molecule has 33 heavy (non-hydrogen) atoms. The zero-order valence-corrected chi connectivity index (χ0v) is 19.6. The second-order valence-electron chi connectivity index (χ2n) is 8.77. The number of amides is 3. The Labute approximate surface area is 195 Å². The maximum Gasteiger partial charge on any atom is 0.255 e. The quantitative estimate of drug-likeness (QED) is 0.225. The molecule has 0 aliphatic rings. The summed E-state index contributed by atoms with van der Waals surface area (Å²) < 4.78 is 0. The van der Waals surface area contributed by atoms with Crippen molar-refractivity contribution in [1.29, 1.82) is 0 Å². The molecule has 2 aromatic carbocycles. The smallest absolute Gasteiger partial charge is 0.255 e. The molecular weight excluding hydrogens is 418 g/mol. The van der Waals surface area contributed by atoms with E-state index in [1.165, 1.54) is 5.56 Å². The Hall–Kier alpha value is -3.19. The van der Waals surface area contributed by atoms with Crippen LogP contribution < -0.4 is 16.1 Å². The third kappa shape index (κ3) is 9.06. The number of carbonyl (C=O) groups is 3. The molecular formula is C26H35N3O4. The largest absolute Gasteiger partial charge is 0.354 e. The molecule has 178 valence electrons. The van der Waals surface area contributed by atoms with E-state index in [9.17, 15) is 14.4 Å². The highest BCUT2D eigenvalue weighted by molar-refractivity contribution is 6.01. The van der Waals surface area contributed by atoms with Gasteiger partial charge in [0.1, 0.15) is 12.0 Å². The molecule has 0 saturated heterocycles. The normalized spacial score (nSPS) is 12.6. The van der Waals surface area contributed by atoms with E-state index in [1.807, 2.05) is 75.4 Å². The molecule has 3 amide bonds. The first kappa shape index (κ1) is 26.1. The van der Waals surface area contributed by atoms with Crippen LogP contribution in [-0.2, 0) is 27.2 Å². The van der Waals surface area contributed by atoms with Crippen LogP contribution in [0.25, 0.3) is 0 Å². The molecule has 2 atom stereocenters. The van der Waals surface area contributed by atoms with Gasteiger partial charge in [-0.05, 0) is 49.7 Å². The Kier molecular flexibility index (Phi) is 10.6. The summed E-state index contributed by atoms with van der Waals surface area (Å²) in [6.07, 6.45) is 1.92. The summed E-state index contributed by atoms with van der Waals surface area (Å²) in [6, 6.07) is 17.0. The average Bonchev–Trinajstić information content (AvgIpc) is 2.81. The molecule has 0 aliphatic carbocycles. The highest BCUT2D eigenvalue weighted by Gasteiger charge is 2.30. The van der Waals surface area contributed by atoms with Crippen molar-refractivity contribution in [3.63, 3.8) is 0 Å². The van der Waals surface area contributed by atoms with Crippen molar-refractivity contribution in [2.75, 3.05) is 6.54 Å². The second-order valence-corrected chi connectivity index (χ2v) is 8.77. The Bertz CT molecular complexity index is 898. The van der Waals surface area contributed by atoms with E-state index in [0.29, 0.717) is 25.8 Å². The van der Waals surface area contributed by atoms with Crippen molar-refractivity contribution < 1.29 is 19.6 Å². The number of benzene rings is 2. The molecule has 4 N–H and O–H groups in total. The molecule has 0 fully saturated rings. The second kappa shape index (κ2) is 13.4. The molecule has 0 bridgehead atoms. The molecule has 0 unspecified atom stereocenters. The van der Waals surface area contributed by atoms with Crippen LogP contribution >= 0.6 is 0 Å². The van der Waals surface area contributed by atoms with E-state index in [0.717, 1.165) is 11.1 Å². The van der Waals surface area contributed by atoms with E-state index in [2.05, 4.69) is 10.6 Å². The van der Waals surface area contributed by atoms with Crippen molar-refractivity contribution in [1.82, 2.24) is 16.1 Å². The first-order valence-electron chi connectivity index (χ1n) is 11.4. The monoisotopic (exact) mass is 453 g/mol. The van der Waals surface area contributed by atoms with Crippen LogP contribution in [-0.4, -0.2) is 35.5 Å². The van der Waals surface area contributed by atoms with Gasteiger partial charge in [-0.25, -0.2) is 5.48 Å². The maximum atomic E-state index is 13.0. The van der Waals surface area contributed by atoms with Gasteiger partial charge in [0.05, 0.1) is 0 Å². The Morgan fingerprint density at radius 3 is 2.09 bits per heavy atom. The highest BCUT2D eigenvalue weighted by atomic mass is 16.5. The number of hydrogen-bond acceptors (Lipinski definition) is 4. The fourth-order valence-corrected chi connectivity index (χ4v) is 3.59. The first-order chi connectivity index (χ1) is 15.8. The van der Waals surface area contributed by atoms with Gasteiger partial charge < -0.3 is 10.6 Å². The third-order valence-corrected chi connectivity index (χ3v) is 5.48. The van der Waals surface area contributed by atoms with Crippen molar-refractivity contribution in [2.24, 2.45) is 11.8 Å². The first-order valence-corrected chi connectivity index (χ1v) is 11.4. The minimum atomic E-state index is -1.07. The lowest BCUT2D eigenvalue weighted by Gasteiger charge is -2.22. The van der Waals surface area contributed by atoms with E-state index in [-0.39, 0.29) is 18.2 Å². The molecule has 7 nitrogen and oxygen atoms in total. The highest BCUT2D eigenvalue weighted by Crippen LogP contribution is 2.14. The predicted octanol–water partition coefficient (Wildman–Crippen LogP) is 2.94. The molecule has 0 aliphatic heterocycles. The van der Waals surface area contributed by atoms with Crippen LogP contribution in [0.1, 0.15) is 43.4 Å². The molecule has 7 heteroatoms. The molecule has 0 heterocycles. The summed E-state index contributed by atoms with van der Waals surface area (Å²) in [7, 11) is 0. The number of hydrogen-bond donors (Lipinski definition) is 4. The Balaban J connectivity index is 2.05. The minimum absolute atomic E-state index is 0.0594. The van der Waals surface area contributed by atoms with Crippen LogP contribution in [0.4, 0.5) is 0 Å². The van der Waals surface area contributed by atoms with Gasteiger partial charge in [0, 0.05) is 6.54 Å². The summed E-state index contributed by atoms with van der Waals surface area (Å²) in [5.41, 5.74) is 4.91. The van der Waals surface area contributed by atoms with E-state index >= 15 is 0 Å². The SMILES string of the molecule is Cc1ccc(CCNC(=O)[C@H](CCc2ccccc2)NC(=O)[C@H](CC(C)C)C(=O)NO)cc1. The summed E-state index contributed by atoms with van der Waals surface area (Å²) >= 11 is 0. The van der Waals surface area contributed by atoms with Crippen molar-refractivity contribution >= 4 is 17.7 Å². The summed E-state index contributed by atoms with van der Waals surface area (Å²) in [5, 5.41) is 14.7. The number of nitrogens with one attached hydrogen (secondary N) is 3. The molecule has 2 aromatic rings. The van der Waals surface area contributed by atoms with Crippen LogP contribution in [0.3, 0.4) is 0 Å². The fraction of sp³-hybridized carbons (Fsp3) is 0.423. The molecule has 0 spiro atoms. The number of hydroxylamine groups is 1. The van der Waals surface area contributed by atoms with Crippen LogP contribution in [0.5, 0.6) is 0 Å². The summed E-state index contributed by atoms with van der Waals surface area (Å²) in [6.45, 7) is 6.23. The molecule has 0 aromatic heterocycles. The lowest BCUT2D eigenvalue weighted by atomic mass is 9.95. The van der Waals surface area contributed by atoms with Gasteiger partial charge in [0.2, 0.25) is 11.8 Å². The Morgan fingerprint density at radius 2 is 1.48 bits per heavy atom. The van der Waals surface area contributed by atoms with E-state index < -0.39 is 23.8 Å². The van der Waals surface area contributed by atoms with Crippen LogP contribution in [0.15, 0.2) is 54.6 Å². The molecule has 2 rings (SSSR count). The maximum absolute atomic E-state index is 13.0. The van der Waals surface area contributed by atoms with E-state index in [1.54, 1.807) is 5.48 Å². The van der Waals surface area contributed by atoms with Crippen molar-refractivity contribution in [3.8, 4) is 0 Å². The van der Waals surface area contributed by atoms with Crippen molar-refractivity contribution in [2.45, 2.75) is 52.5 Å². The Morgan fingerprint density at radius 1 is 0.848 bits per heavy atom. The lowest BCUT2D eigenvalue weighted by molar-refractivity contribution is -0.142. The zero-order chi connectivity index (χ0) is 24.2. The summed E-state index contributed by atoms with van der Waals surface area (Å²) in [5.74, 6) is -2.65. The van der Waals surface area contributed by atoms with Gasteiger partial charge in [-0.2, -0.15) is 0 Å². The number of rotatable bonds is 12. The number of carbonyl (C=O) groups excluding carboxylic acids is 3. The van der Waals surface area contributed by atoms with Gasteiger partial charge in [0.15, 0.2) is 0 Å². The molecule has 0 saturated carbocycles. The fourth-order valence-electron chi connectivity index (χ4n) is 3.59. The predicted molar refractivity (Wildman–Crippen MR) is 127 cm³/mol.